The highest BCUT2D eigenvalue weighted by Crippen LogP contribution is 2.54. The van der Waals surface area contributed by atoms with Crippen LogP contribution in [0.2, 0.25) is 0 Å². The lowest BCUT2D eigenvalue weighted by Crippen LogP contribution is -2.06. The van der Waals surface area contributed by atoms with Gasteiger partial charge >= 0.3 is 0 Å². The number of halogens is 1. The Balaban J connectivity index is -0.000000110. The Labute approximate surface area is 142 Å². The van der Waals surface area contributed by atoms with Crippen LogP contribution in [-0.4, -0.2) is 25.7 Å². The first-order chi connectivity index (χ1) is 10.4. The number of hydrogen-bond acceptors (Lipinski definition) is 0. The van der Waals surface area contributed by atoms with E-state index in [-0.39, 0.29) is 13.1 Å². The van der Waals surface area contributed by atoms with Gasteiger partial charge in [0.15, 0.2) is 0 Å². The third-order valence-electron chi connectivity index (χ3n) is 2.89. The van der Waals surface area contributed by atoms with Gasteiger partial charge in [-0.15, -0.1) is 0 Å². The molecular weight excluding hydrogens is 290 g/mol. The van der Waals surface area contributed by atoms with Crippen LogP contribution in [0.15, 0.2) is 36.7 Å². The molecule has 0 atom stereocenters. The van der Waals surface area contributed by atoms with E-state index in [4.69, 9.17) is 0 Å². The number of allylic oxidation sites excluding steroid dienone is 4. The highest BCUT2D eigenvalue weighted by Gasteiger charge is 2.26. The Bertz CT molecular complexity index is 241. The van der Waals surface area contributed by atoms with Gasteiger partial charge in [0.2, 0.25) is 0 Å². The Morgan fingerprint density at radius 2 is 1.18 bits per heavy atom. The zero-order chi connectivity index (χ0) is 18.6. The van der Waals surface area contributed by atoms with E-state index in [0.717, 1.165) is 6.08 Å². The predicted molar refractivity (Wildman–Crippen MR) is 111 cm³/mol. The van der Waals surface area contributed by atoms with Crippen molar-refractivity contribution in [2.45, 2.75) is 67.7 Å². The highest BCUT2D eigenvalue weighted by atomic mass is 31.2. The van der Waals surface area contributed by atoms with Gasteiger partial charge in [-0.3, -0.25) is 0 Å². The first-order valence-corrected chi connectivity index (χ1v) is 11.9. The lowest BCUT2D eigenvalue weighted by Gasteiger charge is -2.21. The van der Waals surface area contributed by atoms with E-state index in [9.17, 15) is 4.39 Å². The molecule has 0 amide bonds. The largest absolute Gasteiger partial charge is 0.207 e. The first-order valence-electron chi connectivity index (χ1n) is 8.86. The molecular formula is C20H43FP+. The minimum atomic E-state index is -0.337. The molecule has 0 aliphatic carbocycles. The van der Waals surface area contributed by atoms with E-state index in [1.807, 2.05) is 41.5 Å². The normalized spacial score (nSPS) is 15.4. The summed E-state index contributed by atoms with van der Waals surface area (Å²) in [6, 6.07) is 0. The molecule has 0 N–H and O–H groups in total. The van der Waals surface area contributed by atoms with Crippen LogP contribution < -0.4 is 0 Å². The molecule has 0 aromatic rings. The number of hydrogen-bond donors (Lipinski definition) is 0. The zero-order valence-corrected chi connectivity index (χ0v) is 17.8. The Morgan fingerprint density at radius 3 is 1.32 bits per heavy atom. The van der Waals surface area contributed by atoms with Crippen LogP contribution in [0, 0.1) is 0 Å². The Morgan fingerprint density at radius 1 is 0.818 bits per heavy atom. The molecule has 0 aromatic heterocycles. The van der Waals surface area contributed by atoms with Gasteiger partial charge < -0.3 is 0 Å². The van der Waals surface area contributed by atoms with Gasteiger partial charge in [-0.25, -0.2) is 4.39 Å². The van der Waals surface area contributed by atoms with Crippen LogP contribution in [-0.2, 0) is 0 Å². The fourth-order valence-electron chi connectivity index (χ4n) is 1.63. The van der Waals surface area contributed by atoms with Crippen molar-refractivity contribution < 1.29 is 4.39 Å². The molecule has 1 saturated heterocycles. The van der Waals surface area contributed by atoms with Crippen molar-refractivity contribution >= 4 is 7.26 Å². The van der Waals surface area contributed by atoms with Crippen LogP contribution in [0.25, 0.3) is 0 Å². The van der Waals surface area contributed by atoms with E-state index in [1.165, 1.54) is 25.3 Å². The van der Waals surface area contributed by atoms with E-state index in [0.29, 0.717) is 5.57 Å². The van der Waals surface area contributed by atoms with Crippen LogP contribution in [0.5, 0.6) is 0 Å². The van der Waals surface area contributed by atoms with E-state index in [2.05, 4.69) is 26.5 Å². The third kappa shape index (κ3) is 21.9. The molecule has 22 heavy (non-hydrogen) atoms. The van der Waals surface area contributed by atoms with E-state index < -0.39 is 0 Å². The average molecular weight is 334 g/mol. The van der Waals surface area contributed by atoms with Crippen molar-refractivity contribution in [3.05, 3.63) is 36.7 Å². The summed E-state index contributed by atoms with van der Waals surface area (Å²) in [5, 5.41) is 0. The fourth-order valence-corrected chi connectivity index (χ4v) is 4.01. The van der Waals surface area contributed by atoms with Gasteiger partial charge in [-0.2, -0.15) is 0 Å². The lowest BCUT2D eigenvalue weighted by atomic mass is 10.3. The van der Waals surface area contributed by atoms with Crippen molar-refractivity contribution in [2.75, 3.05) is 25.7 Å². The van der Waals surface area contributed by atoms with Gasteiger partial charge in [0.1, 0.15) is 5.83 Å². The van der Waals surface area contributed by atoms with Crippen molar-refractivity contribution in [2.24, 2.45) is 0 Å². The second kappa shape index (κ2) is 22.9. The maximum absolute atomic E-state index is 12.2. The van der Waals surface area contributed by atoms with Crippen LogP contribution in [0.3, 0.4) is 0 Å². The Hall–Kier alpha value is -0.420. The van der Waals surface area contributed by atoms with Crippen LogP contribution in [0.1, 0.15) is 67.7 Å². The van der Waals surface area contributed by atoms with Crippen molar-refractivity contribution in [1.29, 1.82) is 0 Å². The van der Waals surface area contributed by atoms with Crippen molar-refractivity contribution in [3.63, 3.8) is 0 Å². The first kappa shape index (κ1) is 29.6. The van der Waals surface area contributed by atoms with Gasteiger partial charge in [0.25, 0.3) is 0 Å². The van der Waals surface area contributed by atoms with Gasteiger partial charge in [-0.05, 0) is 37.8 Å². The van der Waals surface area contributed by atoms with Crippen molar-refractivity contribution in [3.8, 4) is 0 Å². The van der Waals surface area contributed by atoms with E-state index in [1.54, 1.807) is 19.2 Å². The molecule has 1 aliphatic heterocycles. The second-order valence-electron chi connectivity index (χ2n) is 4.88. The molecule has 0 unspecified atom stereocenters. The monoisotopic (exact) mass is 333 g/mol. The molecule has 134 valence electrons. The molecule has 0 spiro atoms. The highest BCUT2D eigenvalue weighted by molar-refractivity contribution is 7.74. The maximum Gasteiger partial charge on any atom is 0.125 e. The molecule has 1 rings (SSSR count). The van der Waals surface area contributed by atoms with E-state index >= 15 is 0 Å². The SMILES string of the molecule is C=C/C(C)=C(/F)C=C.CC.CC.CC.C[P+]1(C)CCCCC1. The van der Waals surface area contributed by atoms with Crippen molar-refractivity contribution in [1.82, 2.24) is 0 Å². The average Bonchev–Trinajstić information content (AvgIpc) is 2.59. The maximum atomic E-state index is 12.2. The lowest BCUT2D eigenvalue weighted by molar-refractivity contribution is 0.659. The van der Waals surface area contributed by atoms with Gasteiger partial charge in [-0.1, -0.05) is 60.8 Å². The minimum Gasteiger partial charge on any atom is -0.207 e. The molecule has 0 nitrogen and oxygen atoms in total. The molecule has 0 saturated carbocycles. The van der Waals surface area contributed by atoms with Gasteiger partial charge in [0, 0.05) is 20.6 Å². The molecule has 0 aromatic carbocycles. The molecule has 1 heterocycles. The predicted octanol–water partition coefficient (Wildman–Crippen LogP) is 8.13. The molecule has 0 bridgehead atoms. The summed E-state index contributed by atoms with van der Waals surface area (Å²) in [7, 11) is -0.337. The van der Waals surface area contributed by atoms with Crippen LogP contribution >= 0.6 is 7.26 Å². The summed E-state index contributed by atoms with van der Waals surface area (Å²) < 4.78 is 12.2. The summed E-state index contributed by atoms with van der Waals surface area (Å²) in [4.78, 5) is 0. The zero-order valence-electron chi connectivity index (χ0n) is 16.9. The summed E-state index contributed by atoms with van der Waals surface area (Å²) in [5.41, 5.74) is 0.528. The van der Waals surface area contributed by atoms with Crippen LogP contribution in [0.4, 0.5) is 4.39 Å². The topological polar surface area (TPSA) is 0 Å². The number of rotatable bonds is 2. The summed E-state index contributed by atoms with van der Waals surface area (Å²) in [6.45, 7) is 25.3. The molecule has 1 aliphatic rings. The summed E-state index contributed by atoms with van der Waals surface area (Å²) in [6.07, 6.45) is 10.3. The molecule has 1 fully saturated rings. The summed E-state index contributed by atoms with van der Waals surface area (Å²) in [5.74, 6) is -0.306. The smallest absolute Gasteiger partial charge is 0.125 e. The standard InChI is InChI=1S/C7H9F.C7H16P.3C2H6/c1-4-6(3)7(8)5-2;1-8(2)6-4-3-5-7-8;3*1-2/h4-5H,1-2H2,3H3;3-7H2,1-2H3;3*1-2H3/q;+1;;;/b7-6+;;;;. The Kier molecular flexibility index (Phi) is 30.7. The second-order valence-corrected chi connectivity index (χ2v) is 9.65. The summed E-state index contributed by atoms with van der Waals surface area (Å²) >= 11 is 0. The molecule has 2 heteroatoms. The third-order valence-corrected chi connectivity index (χ3v) is 5.94. The van der Waals surface area contributed by atoms with Gasteiger partial charge in [0.05, 0.1) is 12.3 Å². The fraction of sp³-hybridized carbons (Fsp3) is 0.700. The molecule has 0 radical (unpaired) electrons. The minimum absolute atomic E-state index is 0.306. The quantitative estimate of drug-likeness (QED) is 0.353.